The highest BCUT2D eigenvalue weighted by Gasteiger charge is 2.17. The summed E-state index contributed by atoms with van der Waals surface area (Å²) in [6.45, 7) is 6.57. The van der Waals surface area contributed by atoms with Crippen LogP contribution in [0.1, 0.15) is 36.8 Å². The summed E-state index contributed by atoms with van der Waals surface area (Å²) in [4.78, 5) is 26.7. The van der Waals surface area contributed by atoms with Crippen molar-refractivity contribution in [2.45, 2.75) is 32.7 Å². The summed E-state index contributed by atoms with van der Waals surface area (Å²) in [6.07, 6.45) is 6.04. The zero-order valence-electron chi connectivity index (χ0n) is 14.1. The zero-order valence-corrected chi connectivity index (χ0v) is 14.1. The molecule has 1 N–H and O–H groups in total. The Hall–Kier alpha value is -2.50. The molecule has 0 saturated heterocycles. The van der Waals surface area contributed by atoms with E-state index in [-0.39, 0.29) is 11.4 Å². The normalized spacial score (nSPS) is 11.1. The maximum absolute atomic E-state index is 12.2. The van der Waals surface area contributed by atoms with Crippen molar-refractivity contribution in [3.63, 3.8) is 0 Å². The largest absolute Gasteiger partial charge is 0.346 e. The van der Waals surface area contributed by atoms with Gasteiger partial charge in [-0.05, 0) is 51.0 Å². The van der Waals surface area contributed by atoms with Gasteiger partial charge in [0.2, 0.25) is 5.95 Å². The van der Waals surface area contributed by atoms with Gasteiger partial charge in [0.1, 0.15) is 5.69 Å². The molecule has 0 aromatic carbocycles. The SMILES string of the molecule is CN(CCc1ccncc1)c1nccc(C(=O)NC(C)(C)C)n1. The van der Waals surface area contributed by atoms with Crippen molar-refractivity contribution < 1.29 is 4.79 Å². The molecule has 0 saturated carbocycles. The fraction of sp³-hybridized carbons (Fsp3) is 0.412. The van der Waals surface area contributed by atoms with E-state index < -0.39 is 0 Å². The molecule has 1 amide bonds. The first-order valence-corrected chi connectivity index (χ1v) is 7.61. The molecule has 0 aliphatic carbocycles. The maximum atomic E-state index is 12.2. The van der Waals surface area contributed by atoms with Gasteiger partial charge in [-0.25, -0.2) is 9.97 Å². The van der Waals surface area contributed by atoms with Crippen molar-refractivity contribution >= 4 is 11.9 Å². The lowest BCUT2D eigenvalue weighted by molar-refractivity contribution is 0.0914. The summed E-state index contributed by atoms with van der Waals surface area (Å²) in [6, 6.07) is 5.60. The summed E-state index contributed by atoms with van der Waals surface area (Å²) < 4.78 is 0. The van der Waals surface area contributed by atoms with E-state index in [0.29, 0.717) is 11.6 Å². The molecule has 0 spiro atoms. The number of anilines is 1. The van der Waals surface area contributed by atoms with Gasteiger partial charge in [-0.2, -0.15) is 0 Å². The van der Waals surface area contributed by atoms with Crippen LogP contribution < -0.4 is 10.2 Å². The molecule has 0 aliphatic rings. The number of hydrogen-bond donors (Lipinski definition) is 1. The second-order valence-corrected chi connectivity index (χ2v) is 6.47. The van der Waals surface area contributed by atoms with E-state index in [9.17, 15) is 4.79 Å². The van der Waals surface area contributed by atoms with E-state index in [0.717, 1.165) is 13.0 Å². The Bertz CT molecular complexity index is 652. The van der Waals surface area contributed by atoms with Gasteiger partial charge in [0, 0.05) is 37.7 Å². The maximum Gasteiger partial charge on any atom is 0.270 e. The number of nitrogens with one attached hydrogen (secondary N) is 1. The first kappa shape index (κ1) is 16.9. The van der Waals surface area contributed by atoms with E-state index >= 15 is 0 Å². The topological polar surface area (TPSA) is 71.0 Å². The van der Waals surface area contributed by atoms with Crippen LogP contribution in [0.15, 0.2) is 36.8 Å². The molecule has 0 aliphatic heterocycles. The molecule has 122 valence electrons. The highest BCUT2D eigenvalue weighted by molar-refractivity contribution is 5.92. The molecule has 6 heteroatoms. The summed E-state index contributed by atoms with van der Waals surface area (Å²) in [5.74, 6) is 0.351. The van der Waals surface area contributed by atoms with Gasteiger partial charge in [-0.3, -0.25) is 9.78 Å². The highest BCUT2D eigenvalue weighted by Crippen LogP contribution is 2.09. The monoisotopic (exact) mass is 313 g/mol. The molecule has 0 unspecified atom stereocenters. The van der Waals surface area contributed by atoms with Crippen LogP contribution in [0.3, 0.4) is 0 Å². The number of aromatic nitrogens is 3. The summed E-state index contributed by atoms with van der Waals surface area (Å²) in [7, 11) is 1.92. The van der Waals surface area contributed by atoms with Crippen LogP contribution in [0.5, 0.6) is 0 Å². The predicted octanol–water partition coefficient (Wildman–Crippen LogP) is 2.08. The van der Waals surface area contributed by atoms with E-state index in [1.807, 2.05) is 44.9 Å². The minimum atomic E-state index is -0.296. The fourth-order valence-electron chi connectivity index (χ4n) is 2.01. The van der Waals surface area contributed by atoms with Crippen molar-refractivity contribution in [3.05, 3.63) is 48.0 Å². The van der Waals surface area contributed by atoms with Gasteiger partial charge in [-0.15, -0.1) is 0 Å². The predicted molar refractivity (Wildman–Crippen MR) is 90.5 cm³/mol. The van der Waals surface area contributed by atoms with Gasteiger partial charge in [0.05, 0.1) is 0 Å². The van der Waals surface area contributed by atoms with Crippen molar-refractivity contribution in [2.24, 2.45) is 0 Å². The Kier molecular flexibility index (Phi) is 5.26. The number of likely N-dealkylation sites (N-methyl/N-ethyl adjacent to an activating group) is 1. The minimum Gasteiger partial charge on any atom is -0.346 e. The van der Waals surface area contributed by atoms with Gasteiger partial charge in [0.15, 0.2) is 0 Å². The van der Waals surface area contributed by atoms with Gasteiger partial charge < -0.3 is 10.2 Å². The fourth-order valence-corrected chi connectivity index (χ4v) is 2.01. The lowest BCUT2D eigenvalue weighted by Gasteiger charge is -2.21. The van der Waals surface area contributed by atoms with Crippen LogP contribution in [0.25, 0.3) is 0 Å². The highest BCUT2D eigenvalue weighted by atomic mass is 16.2. The molecule has 0 radical (unpaired) electrons. The summed E-state index contributed by atoms with van der Waals surface area (Å²) in [5, 5.41) is 2.90. The number of carbonyl (C=O) groups is 1. The number of carbonyl (C=O) groups excluding carboxylic acids is 1. The third-order valence-corrected chi connectivity index (χ3v) is 3.19. The Morgan fingerprint density at radius 1 is 1.17 bits per heavy atom. The number of nitrogens with zero attached hydrogens (tertiary/aromatic N) is 4. The minimum absolute atomic E-state index is 0.191. The zero-order chi connectivity index (χ0) is 16.9. The molecule has 0 bridgehead atoms. The van der Waals surface area contributed by atoms with Crippen LogP contribution in [0.4, 0.5) is 5.95 Å². The quantitative estimate of drug-likeness (QED) is 0.915. The van der Waals surface area contributed by atoms with Crippen LogP contribution in [-0.4, -0.2) is 40.0 Å². The van der Waals surface area contributed by atoms with E-state index in [4.69, 9.17) is 0 Å². The third kappa shape index (κ3) is 5.32. The van der Waals surface area contributed by atoms with Crippen molar-refractivity contribution in [3.8, 4) is 0 Å². The lowest BCUT2D eigenvalue weighted by atomic mass is 10.1. The molecule has 2 aromatic rings. The molecular formula is C17H23N5O. The van der Waals surface area contributed by atoms with Crippen molar-refractivity contribution in [1.82, 2.24) is 20.3 Å². The summed E-state index contributed by atoms with van der Waals surface area (Å²) >= 11 is 0. The average Bonchev–Trinajstić information content (AvgIpc) is 2.52. The van der Waals surface area contributed by atoms with Crippen LogP contribution in [0, 0.1) is 0 Å². The second kappa shape index (κ2) is 7.17. The van der Waals surface area contributed by atoms with E-state index in [1.165, 1.54) is 5.56 Å². The first-order chi connectivity index (χ1) is 10.8. The lowest BCUT2D eigenvalue weighted by Crippen LogP contribution is -2.41. The smallest absolute Gasteiger partial charge is 0.270 e. The van der Waals surface area contributed by atoms with Crippen LogP contribution in [0.2, 0.25) is 0 Å². The first-order valence-electron chi connectivity index (χ1n) is 7.61. The molecule has 2 heterocycles. The number of pyridine rings is 1. The third-order valence-electron chi connectivity index (χ3n) is 3.19. The standard InChI is InChI=1S/C17H23N5O/c1-17(2,3)21-15(23)14-7-11-19-16(20-14)22(4)12-8-13-5-9-18-10-6-13/h5-7,9-11H,8,12H2,1-4H3,(H,21,23). The molecule has 23 heavy (non-hydrogen) atoms. The van der Waals surface area contributed by atoms with E-state index in [1.54, 1.807) is 24.7 Å². The Balaban J connectivity index is 2.02. The summed E-state index contributed by atoms with van der Waals surface area (Å²) in [5.41, 5.74) is 1.28. The average molecular weight is 313 g/mol. The Labute approximate surface area is 137 Å². The molecule has 2 rings (SSSR count). The Morgan fingerprint density at radius 3 is 2.52 bits per heavy atom. The molecular weight excluding hydrogens is 290 g/mol. The van der Waals surface area contributed by atoms with Gasteiger partial charge in [0.25, 0.3) is 5.91 Å². The number of amides is 1. The molecule has 2 aromatic heterocycles. The molecule has 0 atom stereocenters. The van der Waals surface area contributed by atoms with Crippen LogP contribution >= 0.6 is 0 Å². The number of hydrogen-bond acceptors (Lipinski definition) is 5. The van der Waals surface area contributed by atoms with Gasteiger partial charge in [-0.1, -0.05) is 0 Å². The molecule has 6 nitrogen and oxygen atoms in total. The van der Waals surface area contributed by atoms with Crippen LogP contribution in [-0.2, 0) is 6.42 Å². The van der Waals surface area contributed by atoms with E-state index in [2.05, 4.69) is 20.3 Å². The van der Waals surface area contributed by atoms with Crippen molar-refractivity contribution in [2.75, 3.05) is 18.5 Å². The molecule has 0 fully saturated rings. The number of rotatable bonds is 5. The van der Waals surface area contributed by atoms with Crippen molar-refractivity contribution in [1.29, 1.82) is 0 Å². The second-order valence-electron chi connectivity index (χ2n) is 6.47. The Morgan fingerprint density at radius 2 is 1.87 bits per heavy atom. The van der Waals surface area contributed by atoms with Gasteiger partial charge >= 0.3 is 0 Å².